The van der Waals surface area contributed by atoms with E-state index < -0.39 is 31.5 Å². The monoisotopic (exact) mass is 220 g/mol. The zero-order chi connectivity index (χ0) is 9.99. The Hall–Kier alpha value is 0.886. The van der Waals surface area contributed by atoms with Crippen molar-refractivity contribution in [2.24, 2.45) is 0 Å². The van der Waals surface area contributed by atoms with E-state index in [0.717, 1.165) is 0 Å². The highest BCUT2D eigenvalue weighted by Gasteiger charge is 2.30. The Morgan fingerprint density at radius 3 is 1.17 bits per heavy atom. The summed E-state index contributed by atoms with van der Waals surface area (Å²) in [6.45, 7) is 13.3. The molecule has 0 heterocycles. The van der Waals surface area contributed by atoms with Gasteiger partial charge in [0.05, 0.1) is 0 Å². The molecule has 12 heavy (non-hydrogen) atoms. The molecule has 0 amide bonds. The van der Waals surface area contributed by atoms with Crippen molar-refractivity contribution in [2.45, 2.75) is 45.1 Å². The highest BCUT2D eigenvalue weighted by atomic mass is 28.4. The Bertz CT molecular complexity index is 123. The van der Waals surface area contributed by atoms with Crippen LogP contribution in [0.1, 0.15) is 0 Å². The molecule has 0 rings (SSSR count). The largest absolute Gasteiger partial charge is 0.648 e. The van der Waals surface area contributed by atoms with Gasteiger partial charge in [0, 0.05) is 0 Å². The zero-order valence-corrected chi connectivity index (χ0v) is 12.5. The van der Waals surface area contributed by atoms with Crippen molar-refractivity contribution < 1.29 is 6.96 Å². The molecular formula is C7H21AlO2Si2. The van der Waals surface area contributed by atoms with E-state index in [9.17, 15) is 0 Å². The Kier molecular flexibility index (Phi) is 4.73. The third-order valence-corrected chi connectivity index (χ3v) is 9.35. The summed E-state index contributed by atoms with van der Waals surface area (Å²) in [5.74, 6) is 2.14. The molecule has 0 atom stereocenters. The Labute approximate surface area is 83.6 Å². The molecule has 0 aliphatic carbocycles. The zero-order valence-electron chi connectivity index (χ0n) is 9.39. The summed E-state index contributed by atoms with van der Waals surface area (Å²) in [4.78, 5) is 0. The van der Waals surface area contributed by atoms with Gasteiger partial charge in [-0.25, -0.2) is 0 Å². The van der Waals surface area contributed by atoms with E-state index in [1.54, 1.807) is 0 Å². The summed E-state index contributed by atoms with van der Waals surface area (Å²) in [6, 6.07) is 0. The molecule has 5 heteroatoms. The van der Waals surface area contributed by atoms with Crippen molar-refractivity contribution in [3.63, 3.8) is 0 Å². The van der Waals surface area contributed by atoms with E-state index >= 15 is 0 Å². The average Bonchev–Trinajstić information content (AvgIpc) is 1.49. The van der Waals surface area contributed by atoms with Crippen LogP contribution in [0.4, 0.5) is 0 Å². The van der Waals surface area contributed by atoms with Crippen molar-refractivity contribution in [3.05, 3.63) is 0 Å². The van der Waals surface area contributed by atoms with Gasteiger partial charge < -0.3 is 6.96 Å². The molecule has 0 radical (unpaired) electrons. The Balaban J connectivity index is 3.83. The lowest BCUT2D eigenvalue weighted by atomic mass is 11.8. The van der Waals surface area contributed by atoms with E-state index in [2.05, 4.69) is 45.1 Å². The lowest BCUT2D eigenvalue weighted by Gasteiger charge is -2.27. The fourth-order valence-electron chi connectivity index (χ4n) is 1.02. The van der Waals surface area contributed by atoms with Gasteiger partial charge in [0.15, 0.2) is 16.6 Å². The molecule has 0 fully saturated rings. The predicted octanol–water partition coefficient (Wildman–Crippen LogP) is 2.81. The molecule has 0 aliphatic heterocycles. The molecule has 0 aromatic carbocycles. The molecular weight excluding hydrogens is 199 g/mol. The van der Waals surface area contributed by atoms with Crippen LogP contribution in [0.25, 0.3) is 0 Å². The minimum atomic E-state index is -1.36. The summed E-state index contributed by atoms with van der Waals surface area (Å²) >= 11 is -1.33. The van der Waals surface area contributed by atoms with Gasteiger partial charge in [0.25, 0.3) is 0 Å². The summed E-state index contributed by atoms with van der Waals surface area (Å²) in [5, 5.41) is 0. The van der Waals surface area contributed by atoms with E-state index in [-0.39, 0.29) is 0 Å². The van der Waals surface area contributed by atoms with Crippen LogP contribution in [-0.2, 0) is 6.96 Å². The lowest BCUT2D eigenvalue weighted by Crippen LogP contribution is -2.41. The summed E-state index contributed by atoms with van der Waals surface area (Å²) in [7, 11) is -2.72. The first-order chi connectivity index (χ1) is 5.10. The molecule has 0 spiro atoms. The minimum Gasteiger partial charge on any atom is -0.524 e. The molecule has 0 saturated carbocycles. The standard InChI is InChI=1S/2C3H9OSi.CH3.Al/c2*1-5(2,3)4;;/h2*1-3H3;1H3;/q2*-1;;+2. The molecule has 0 aromatic rings. The number of hydrogen-bond acceptors (Lipinski definition) is 2. The third-order valence-electron chi connectivity index (χ3n) is 1.04. The highest BCUT2D eigenvalue weighted by molar-refractivity contribution is 6.80. The SMILES string of the molecule is [CH3][Al]([O][Si](C)(C)C)[O][Si](C)(C)C. The first-order valence-electron chi connectivity index (χ1n) is 4.46. The molecule has 2 nitrogen and oxygen atoms in total. The van der Waals surface area contributed by atoms with Crippen LogP contribution in [-0.4, -0.2) is 31.5 Å². The highest BCUT2D eigenvalue weighted by Crippen LogP contribution is 2.10. The van der Waals surface area contributed by atoms with Crippen molar-refractivity contribution in [1.82, 2.24) is 0 Å². The number of hydrogen-bond donors (Lipinski definition) is 0. The second kappa shape index (κ2) is 4.40. The van der Waals surface area contributed by atoms with Crippen LogP contribution in [0.2, 0.25) is 45.1 Å². The van der Waals surface area contributed by atoms with Crippen LogP contribution in [0, 0.1) is 0 Å². The molecule has 0 bridgehead atoms. The predicted molar refractivity (Wildman–Crippen MR) is 60.5 cm³/mol. The minimum absolute atomic E-state index is 1.33. The van der Waals surface area contributed by atoms with Gasteiger partial charge in [-0.2, -0.15) is 0 Å². The van der Waals surface area contributed by atoms with Crippen LogP contribution >= 0.6 is 0 Å². The van der Waals surface area contributed by atoms with Gasteiger partial charge in [0.1, 0.15) is 0 Å². The maximum absolute atomic E-state index is 5.90. The summed E-state index contributed by atoms with van der Waals surface area (Å²) < 4.78 is 11.8. The molecule has 72 valence electrons. The van der Waals surface area contributed by atoms with E-state index in [1.165, 1.54) is 0 Å². The summed E-state index contributed by atoms with van der Waals surface area (Å²) in [5.41, 5.74) is 0. The van der Waals surface area contributed by atoms with E-state index in [4.69, 9.17) is 6.96 Å². The topological polar surface area (TPSA) is 18.5 Å². The van der Waals surface area contributed by atoms with Gasteiger partial charge in [-0.05, 0) is 39.3 Å². The fraction of sp³-hybridized carbons (Fsp3) is 1.00. The van der Waals surface area contributed by atoms with Crippen LogP contribution in [0.5, 0.6) is 0 Å². The van der Waals surface area contributed by atoms with E-state index in [1.807, 2.05) is 0 Å². The first-order valence-corrected chi connectivity index (χ1v) is 13.4. The van der Waals surface area contributed by atoms with E-state index in [0.29, 0.717) is 0 Å². The molecule has 0 unspecified atom stereocenters. The second-order valence-corrected chi connectivity index (χ2v) is 16.5. The summed E-state index contributed by atoms with van der Waals surface area (Å²) in [6.07, 6.45) is 0. The van der Waals surface area contributed by atoms with Gasteiger partial charge in [-0.15, -0.1) is 0 Å². The molecule has 0 aromatic heterocycles. The molecule has 0 saturated heterocycles. The first kappa shape index (κ1) is 12.9. The maximum atomic E-state index is 5.90. The molecule has 0 N–H and O–H groups in total. The van der Waals surface area contributed by atoms with Gasteiger partial charge in [-0.1, -0.05) is 5.79 Å². The maximum Gasteiger partial charge on any atom is 0.648 e. The van der Waals surface area contributed by atoms with Crippen molar-refractivity contribution in [1.29, 1.82) is 0 Å². The lowest BCUT2D eigenvalue weighted by molar-refractivity contribution is 0.428. The van der Waals surface area contributed by atoms with Crippen LogP contribution in [0.15, 0.2) is 0 Å². The Morgan fingerprint density at radius 1 is 0.750 bits per heavy atom. The second-order valence-electron chi connectivity index (χ2n) is 5.03. The average molecular weight is 220 g/mol. The van der Waals surface area contributed by atoms with Crippen LogP contribution in [0.3, 0.4) is 0 Å². The van der Waals surface area contributed by atoms with Crippen molar-refractivity contribution >= 4 is 31.5 Å². The normalized spacial score (nSPS) is 13.2. The van der Waals surface area contributed by atoms with Crippen molar-refractivity contribution in [2.75, 3.05) is 0 Å². The van der Waals surface area contributed by atoms with Gasteiger partial charge in [0.2, 0.25) is 0 Å². The van der Waals surface area contributed by atoms with Crippen molar-refractivity contribution in [3.8, 4) is 0 Å². The van der Waals surface area contributed by atoms with Gasteiger partial charge in [-0.3, -0.25) is 0 Å². The van der Waals surface area contributed by atoms with Gasteiger partial charge >= 0.3 is 14.8 Å². The smallest absolute Gasteiger partial charge is 0.524 e. The molecule has 0 aliphatic rings. The third kappa shape index (κ3) is 8.98. The Morgan fingerprint density at radius 2 is 1.00 bits per heavy atom. The van der Waals surface area contributed by atoms with Crippen LogP contribution < -0.4 is 0 Å². The quantitative estimate of drug-likeness (QED) is 0.678. The number of rotatable bonds is 4. The fourth-order valence-corrected chi connectivity index (χ4v) is 9.61.